The molecule has 2 aliphatic heterocycles. The summed E-state index contributed by atoms with van der Waals surface area (Å²) < 4.78 is 1.85. The van der Waals surface area contributed by atoms with Gasteiger partial charge in [0.2, 0.25) is 11.8 Å². The fraction of sp³-hybridized carbons (Fsp3) is 0.276. The molecule has 38 heavy (non-hydrogen) atoms. The Bertz CT molecular complexity index is 1460. The maximum absolute atomic E-state index is 13.7. The van der Waals surface area contributed by atoms with Gasteiger partial charge in [0.1, 0.15) is 12.4 Å². The van der Waals surface area contributed by atoms with E-state index in [0.717, 1.165) is 58.9 Å². The van der Waals surface area contributed by atoms with Crippen LogP contribution in [0.15, 0.2) is 66.0 Å². The summed E-state index contributed by atoms with van der Waals surface area (Å²) in [6.45, 7) is 3.53. The smallest absolute Gasteiger partial charge is 0.242 e. The number of aryl methyl sites for hydroxylation is 1. The minimum atomic E-state index is -0.106. The van der Waals surface area contributed by atoms with E-state index in [4.69, 9.17) is 16.7 Å². The van der Waals surface area contributed by atoms with E-state index in [0.29, 0.717) is 10.8 Å². The fourth-order valence-electron chi connectivity index (χ4n) is 5.07. The van der Waals surface area contributed by atoms with Crippen LogP contribution in [-0.2, 0) is 9.59 Å². The number of halogens is 1. The maximum Gasteiger partial charge on any atom is 0.242 e. The normalized spacial score (nSPS) is 17.5. The van der Waals surface area contributed by atoms with Crippen molar-refractivity contribution >= 4 is 52.3 Å². The molecule has 6 rings (SSSR count). The second-order valence-electron chi connectivity index (χ2n) is 9.61. The fourth-order valence-corrected chi connectivity index (χ4v) is 7.37. The van der Waals surface area contributed by atoms with Crippen LogP contribution >= 0.6 is 34.7 Å². The second-order valence-corrected chi connectivity index (χ2v) is 12.1. The number of hydrogen-bond donors (Lipinski definition) is 0. The predicted molar refractivity (Wildman–Crippen MR) is 156 cm³/mol. The summed E-state index contributed by atoms with van der Waals surface area (Å²) in [7, 11) is 0. The van der Waals surface area contributed by atoms with Gasteiger partial charge in [-0.3, -0.25) is 14.5 Å². The van der Waals surface area contributed by atoms with Crippen LogP contribution in [0, 0.1) is 6.92 Å². The Hall–Kier alpha value is -3.07. The lowest BCUT2D eigenvalue weighted by atomic mass is 10.0. The quantitative estimate of drug-likeness (QED) is 0.284. The van der Waals surface area contributed by atoms with Gasteiger partial charge in [-0.2, -0.15) is 5.10 Å². The number of thioether (sulfide) groups is 1. The molecule has 1 saturated heterocycles. The molecule has 4 aromatic rings. The highest BCUT2D eigenvalue weighted by Gasteiger charge is 2.38. The molecule has 2 aromatic heterocycles. The number of thiophene rings is 1. The largest absolute Gasteiger partial charge is 0.341 e. The molecule has 6 nitrogen and oxygen atoms in total. The van der Waals surface area contributed by atoms with Crippen LogP contribution in [0.25, 0.3) is 16.9 Å². The minimum Gasteiger partial charge on any atom is -0.341 e. The molecule has 194 valence electrons. The Balaban J connectivity index is 1.59. The monoisotopic (exact) mass is 562 g/mol. The number of aromatic nitrogens is 2. The van der Waals surface area contributed by atoms with Crippen molar-refractivity contribution in [1.82, 2.24) is 14.7 Å². The van der Waals surface area contributed by atoms with Gasteiger partial charge < -0.3 is 4.90 Å². The second kappa shape index (κ2) is 10.6. The number of carbonyl (C=O) groups excluding carboxylic acids is 2. The van der Waals surface area contributed by atoms with E-state index >= 15 is 0 Å². The van der Waals surface area contributed by atoms with E-state index < -0.39 is 0 Å². The number of nitrogens with zero attached hydrogens (tertiary/aromatic N) is 4. The summed E-state index contributed by atoms with van der Waals surface area (Å²) >= 11 is 9.50. The molecule has 0 spiro atoms. The van der Waals surface area contributed by atoms with E-state index in [1.807, 2.05) is 71.1 Å². The van der Waals surface area contributed by atoms with Gasteiger partial charge in [-0.25, -0.2) is 4.68 Å². The summed E-state index contributed by atoms with van der Waals surface area (Å²) in [6, 6.07) is 19.9. The van der Waals surface area contributed by atoms with Gasteiger partial charge in [0, 0.05) is 34.1 Å². The number of fused-ring (bicyclic) bond motifs is 1. The van der Waals surface area contributed by atoms with E-state index in [1.54, 1.807) is 28.0 Å². The number of anilines is 1. The topological polar surface area (TPSA) is 58.4 Å². The third kappa shape index (κ3) is 4.77. The zero-order valence-electron chi connectivity index (χ0n) is 21.0. The third-order valence-electron chi connectivity index (χ3n) is 7.04. The number of carbonyl (C=O) groups is 2. The lowest BCUT2D eigenvalue weighted by molar-refractivity contribution is -0.130. The van der Waals surface area contributed by atoms with Crippen LogP contribution in [-0.4, -0.2) is 51.9 Å². The van der Waals surface area contributed by atoms with Gasteiger partial charge in [-0.15, -0.1) is 23.1 Å². The minimum absolute atomic E-state index is 0.00116. The number of likely N-dealkylation sites (tertiary alicyclic amines) is 1. The molecule has 0 saturated carbocycles. The van der Waals surface area contributed by atoms with Gasteiger partial charge >= 0.3 is 0 Å². The first-order valence-electron chi connectivity index (χ1n) is 12.7. The first kappa shape index (κ1) is 25.2. The standard InChI is InChI=1S/C29H27ClN4O2S2/c1-19-6-12-22(13-7-19)34-29-26(27(31-34)20-8-10-21(30)11-9-20)28(23-5-4-16-37-23)38-18-25(36)33(29)17-24(35)32-14-2-3-15-32/h4-13,16,28H,2-3,14-15,17-18H2,1H3/t28-/m0/s1. The Morgan fingerprint density at radius 3 is 2.47 bits per heavy atom. The van der Waals surface area contributed by atoms with Crippen LogP contribution in [0.5, 0.6) is 0 Å². The van der Waals surface area contributed by atoms with Crippen molar-refractivity contribution in [2.45, 2.75) is 25.0 Å². The average Bonchev–Trinajstić information content (AvgIpc) is 3.69. The molecule has 1 fully saturated rings. The number of benzene rings is 2. The van der Waals surface area contributed by atoms with Crippen molar-refractivity contribution in [3.05, 3.63) is 87.1 Å². The first-order valence-corrected chi connectivity index (χ1v) is 15.0. The number of amides is 2. The molecule has 2 amide bonds. The van der Waals surface area contributed by atoms with Crippen molar-refractivity contribution < 1.29 is 9.59 Å². The van der Waals surface area contributed by atoms with Crippen molar-refractivity contribution in [3.8, 4) is 16.9 Å². The van der Waals surface area contributed by atoms with Gasteiger partial charge in [-0.05, 0) is 55.5 Å². The summed E-state index contributed by atoms with van der Waals surface area (Å²) in [6.07, 6.45) is 2.01. The van der Waals surface area contributed by atoms with Crippen LogP contribution in [0.2, 0.25) is 5.02 Å². The molecule has 0 aliphatic carbocycles. The molecule has 4 heterocycles. The van der Waals surface area contributed by atoms with Gasteiger partial charge in [-0.1, -0.05) is 47.5 Å². The van der Waals surface area contributed by atoms with Crippen LogP contribution in [0.4, 0.5) is 5.82 Å². The zero-order chi connectivity index (χ0) is 26.2. The van der Waals surface area contributed by atoms with Crippen LogP contribution in [0.1, 0.15) is 34.1 Å². The highest BCUT2D eigenvalue weighted by molar-refractivity contribution is 8.00. The van der Waals surface area contributed by atoms with Crippen molar-refractivity contribution in [1.29, 1.82) is 0 Å². The van der Waals surface area contributed by atoms with Gasteiger partial charge in [0.05, 0.1) is 22.4 Å². The SMILES string of the molecule is Cc1ccc(-n2nc(-c3ccc(Cl)cc3)c3c2N(CC(=O)N2CCCC2)C(=O)CS[C@H]3c2cccs2)cc1. The highest BCUT2D eigenvalue weighted by Crippen LogP contribution is 2.49. The molecular weight excluding hydrogens is 536 g/mol. The van der Waals surface area contributed by atoms with E-state index in [2.05, 4.69) is 11.4 Å². The van der Waals surface area contributed by atoms with E-state index in [-0.39, 0.29) is 29.4 Å². The summed E-state index contributed by atoms with van der Waals surface area (Å²) in [5.74, 6) is 0.836. The molecule has 2 aromatic carbocycles. The van der Waals surface area contributed by atoms with Crippen molar-refractivity contribution in [3.63, 3.8) is 0 Å². The molecule has 0 radical (unpaired) electrons. The van der Waals surface area contributed by atoms with Crippen LogP contribution in [0.3, 0.4) is 0 Å². The molecule has 0 bridgehead atoms. The predicted octanol–water partition coefficient (Wildman–Crippen LogP) is 6.35. The van der Waals surface area contributed by atoms with E-state index in [9.17, 15) is 9.59 Å². The first-order chi connectivity index (χ1) is 18.5. The average molecular weight is 563 g/mol. The molecule has 2 aliphatic rings. The summed E-state index contributed by atoms with van der Waals surface area (Å²) in [5.41, 5.74) is 4.63. The van der Waals surface area contributed by atoms with Crippen molar-refractivity contribution in [2.24, 2.45) is 0 Å². The molecule has 1 atom stereocenters. The highest BCUT2D eigenvalue weighted by atomic mass is 35.5. The molecular formula is C29H27ClN4O2S2. The Labute approximate surface area is 235 Å². The Morgan fingerprint density at radius 1 is 1.05 bits per heavy atom. The van der Waals surface area contributed by atoms with Crippen LogP contribution < -0.4 is 4.90 Å². The van der Waals surface area contributed by atoms with E-state index in [1.165, 1.54) is 0 Å². The molecule has 0 N–H and O–H groups in total. The molecule has 0 unspecified atom stereocenters. The van der Waals surface area contributed by atoms with Gasteiger partial charge in [0.25, 0.3) is 0 Å². The lowest BCUT2D eigenvalue weighted by Gasteiger charge is -2.25. The van der Waals surface area contributed by atoms with Crippen molar-refractivity contribution in [2.75, 3.05) is 30.3 Å². The van der Waals surface area contributed by atoms with Gasteiger partial charge in [0.15, 0.2) is 0 Å². The number of hydrogen-bond acceptors (Lipinski definition) is 5. The summed E-state index contributed by atoms with van der Waals surface area (Å²) in [4.78, 5) is 31.8. The lowest BCUT2D eigenvalue weighted by Crippen LogP contribution is -2.43. The Kier molecular flexibility index (Phi) is 7.03. The molecule has 9 heteroatoms. The maximum atomic E-state index is 13.7. The summed E-state index contributed by atoms with van der Waals surface area (Å²) in [5, 5.41) is 7.73. The Morgan fingerprint density at radius 2 is 1.79 bits per heavy atom. The number of rotatable bonds is 5. The zero-order valence-corrected chi connectivity index (χ0v) is 23.4. The third-order valence-corrected chi connectivity index (χ3v) is 9.61.